The van der Waals surface area contributed by atoms with Gasteiger partial charge >= 0.3 is 0 Å². The quantitative estimate of drug-likeness (QED) is 0.366. The summed E-state index contributed by atoms with van der Waals surface area (Å²) in [4.78, 5) is 20.0. The SMILES string of the molecule is Cc1ccc(-n2c(Cc3ccccc3)nnc2SCc2nc3ccccc3c(=O)[nH]2)c(C)c1. The Kier molecular flexibility index (Phi) is 5.79. The maximum absolute atomic E-state index is 12.4. The second-order valence-electron chi connectivity index (χ2n) is 8.00. The van der Waals surface area contributed by atoms with Gasteiger partial charge in [0.15, 0.2) is 5.16 Å². The highest BCUT2D eigenvalue weighted by Crippen LogP contribution is 2.27. The van der Waals surface area contributed by atoms with E-state index >= 15 is 0 Å². The van der Waals surface area contributed by atoms with E-state index in [9.17, 15) is 4.79 Å². The number of hydrogen-bond donors (Lipinski definition) is 1. The molecule has 0 spiro atoms. The summed E-state index contributed by atoms with van der Waals surface area (Å²) in [5, 5.41) is 10.4. The van der Waals surface area contributed by atoms with Crippen molar-refractivity contribution in [2.75, 3.05) is 0 Å². The van der Waals surface area contributed by atoms with Gasteiger partial charge in [-0.1, -0.05) is 71.9 Å². The molecular weight excluding hydrogens is 430 g/mol. The average Bonchev–Trinajstić information content (AvgIpc) is 3.20. The largest absolute Gasteiger partial charge is 0.309 e. The standard InChI is InChI=1S/C26H23N5OS/c1-17-12-13-22(18(2)14-17)31-24(15-19-8-4-3-5-9-19)29-30-26(31)33-16-23-27-21-11-7-6-10-20(21)25(32)28-23/h3-14H,15-16H2,1-2H3,(H,27,28,32). The van der Waals surface area contributed by atoms with Crippen molar-refractivity contribution in [3.8, 4) is 5.69 Å². The zero-order valence-corrected chi connectivity index (χ0v) is 19.3. The Hall–Kier alpha value is -3.71. The van der Waals surface area contributed by atoms with E-state index in [1.54, 1.807) is 6.07 Å². The van der Waals surface area contributed by atoms with E-state index in [2.05, 4.69) is 68.9 Å². The first-order valence-corrected chi connectivity index (χ1v) is 11.7. The number of para-hydroxylation sites is 1. The van der Waals surface area contributed by atoms with Gasteiger partial charge in [-0.2, -0.15) is 0 Å². The molecule has 0 aliphatic rings. The molecule has 0 aliphatic carbocycles. The maximum atomic E-state index is 12.4. The summed E-state index contributed by atoms with van der Waals surface area (Å²) in [6, 6.07) is 24.0. The van der Waals surface area contributed by atoms with E-state index in [0.717, 1.165) is 22.2 Å². The molecule has 0 atom stereocenters. The van der Waals surface area contributed by atoms with Crippen molar-refractivity contribution in [3.05, 3.63) is 111 Å². The number of fused-ring (bicyclic) bond motifs is 1. The van der Waals surface area contributed by atoms with Gasteiger partial charge in [-0.05, 0) is 43.2 Å². The van der Waals surface area contributed by atoms with Crippen LogP contribution in [-0.4, -0.2) is 24.7 Å². The summed E-state index contributed by atoms with van der Waals surface area (Å²) in [6.45, 7) is 4.19. The van der Waals surface area contributed by atoms with Crippen LogP contribution < -0.4 is 5.56 Å². The summed E-state index contributed by atoms with van der Waals surface area (Å²) in [7, 11) is 0. The minimum atomic E-state index is -0.128. The van der Waals surface area contributed by atoms with Crippen LogP contribution in [0.3, 0.4) is 0 Å². The third kappa shape index (κ3) is 4.45. The first kappa shape index (κ1) is 21.2. The third-order valence-corrected chi connectivity index (χ3v) is 6.44. The molecule has 0 bridgehead atoms. The second kappa shape index (κ2) is 9.03. The maximum Gasteiger partial charge on any atom is 0.258 e. The molecule has 5 rings (SSSR count). The summed E-state index contributed by atoms with van der Waals surface area (Å²) in [6.07, 6.45) is 0.673. The normalized spacial score (nSPS) is 11.2. The van der Waals surface area contributed by atoms with Crippen LogP contribution in [0.1, 0.15) is 28.3 Å². The zero-order valence-electron chi connectivity index (χ0n) is 18.4. The molecule has 2 heterocycles. The van der Waals surface area contributed by atoms with Crippen molar-refractivity contribution in [2.45, 2.75) is 31.2 Å². The predicted octanol–water partition coefficient (Wildman–Crippen LogP) is 5.00. The molecule has 2 aromatic heterocycles. The van der Waals surface area contributed by atoms with E-state index < -0.39 is 0 Å². The molecule has 3 aromatic carbocycles. The van der Waals surface area contributed by atoms with Crippen LogP contribution >= 0.6 is 11.8 Å². The summed E-state index contributed by atoms with van der Waals surface area (Å²) in [5.74, 6) is 1.97. The smallest absolute Gasteiger partial charge is 0.258 e. The van der Waals surface area contributed by atoms with E-state index in [0.29, 0.717) is 28.9 Å². The molecule has 0 saturated heterocycles. The lowest BCUT2D eigenvalue weighted by molar-refractivity contribution is 0.840. The Morgan fingerprint density at radius 2 is 1.73 bits per heavy atom. The van der Waals surface area contributed by atoms with E-state index in [1.165, 1.54) is 22.9 Å². The van der Waals surface area contributed by atoms with Gasteiger partial charge in [0.25, 0.3) is 5.56 Å². The number of thioether (sulfide) groups is 1. The fraction of sp³-hybridized carbons (Fsp3) is 0.154. The highest BCUT2D eigenvalue weighted by atomic mass is 32.2. The number of aryl methyl sites for hydroxylation is 2. The van der Waals surface area contributed by atoms with Crippen molar-refractivity contribution in [3.63, 3.8) is 0 Å². The molecular formula is C26H23N5OS. The first-order chi connectivity index (χ1) is 16.1. The topological polar surface area (TPSA) is 76.5 Å². The molecule has 7 heteroatoms. The van der Waals surface area contributed by atoms with Crippen LogP contribution in [0.2, 0.25) is 0 Å². The number of hydrogen-bond acceptors (Lipinski definition) is 5. The molecule has 6 nitrogen and oxygen atoms in total. The van der Waals surface area contributed by atoms with E-state index in [4.69, 9.17) is 0 Å². The Labute approximate surface area is 195 Å². The number of benzene rings is 3. The molecule has 5 aromatic rings. The summed E-state index contributed by atoms with van der Waals surface area (Å²) < 4.78 is 2.12. The van der Waals surface area contributed by atoms with Crippen molar-refractivity contribution < 1.29 is 0 Å². The molecule has 0 fully saturated rings. The monoisotopic (exact) mass is 453 g/mol. The van der Waals surface area contributed by atoms with Gasteiger partial charge in [0.2, 0.25) is 0 Å². The number of nitrogens with zero attached hydrogens (tertiary/aromatic N) is 4. The van der Waals surface area contributed by atoms with Crippen molar-refractivity contribution in [2.24, 2.45) is 0 Å². The van der Waals surface area contributed by atoms with E-state index in [-0.39, 0.29) is 5.56 Å². The zero-order chi connectivity index (χ0) is 22.8. The molecule has 0 aliphatic heterocycles. The van der Waals surface area contributed by atoms with Gasteiger partial charge in [0, 0.05) is 6.42 Å². The number of aromatic amines is 1. The minimum Gasteiger partial charge on any atom is -0.309 e. The Balaban J connectivity index is 1.51. The Morgan fingerprint density at radius 1 is 0.939 bits per heavy atom. The van der Waals surface area contributed by atoms with Gasteiger partial charge in [0.1, 0.15) is 11.6 Å². The summed E-state index contributed by atoms with van der Waals surface area (Å²) in [5.41, 5.74) is 5.16. The molecule has 0 unspecified atom stereocenters. The first-order valence-electron chi connectivity index (χ1n) is 10.7. The van der Waals surface area contributed by atoms with Crippen molar-refractivity contribution >= 4 is 22.7 Å². The second-order valence-corrected chi connectivity index (χ2v) is 8.95. The van der Waals surface area contributed by atoms with E-state index in [1.807, 2.05) is 36.4 Å². The lowest BCUT2D eigenvalue weighted by atomic mass is 10.1. The predicted molar refractivity (Wildman–Crippen MR) is 132 cm³/mol. The van der Waals surface area contributed by atoms with Crippen LogP contribution in [0.25, 0.3) is 16.6 Å². The lowest BCUT2D eigenvalue weighted by Crippen LogP contribution is -2.11. The van der Waals surface area contributed by atoms with Crippen molar-refractivity contribution in [1.29, 1.82) is 0 Å². The Bertz CT molecular complexity index is 1490. The van der Waals surface area contributed by atoms with Gasteiger partial charge in [-0.25, -0.2) is 4.98 Å². The molecule has 0 saturated carbocycles. The van der Waals surface area contributed by atoms with Crippen LogP contribution in [0.4, 0.5) is 0 Å². The minimum absolute atomic E-state index is 0.128. The fourth-order valence-corrected chi connectivity index (χ4v) is 4.76. The van der Waals surface area contributed by atoms with Crippen LogP contribution in [0.5, 0.6) is 0 Å². The van der Waals surface area contributed by atoms with Crippen LogP contribution in [0.15, 0.2) is 82.7 Å². The highest BCUT2D eigenvalue weighted by Gasteiger charge is 2.17. The van der Waals surface area contributed by atoms with Crippen molar-refractivity contribution in [1.82, 2.24) is 24.7 Å². The van der Waals surface area contributed by atoms with Crippen LogP contribution in [0, 0.1) is 13.8 Å². The molecule has 33 heavy (non-hydrogen) atoms. The average molecular weight is 454 g/mol. The third-order valence-electron chi connectivity index (χ3n) is 5.50. The highest BCUT2D eigenvalue weighted by molar-refractivity contribution is 7.98. The molecule has 1 N–H and O–H groups in total. The number of H-pyrrole nitrogens is 1. The number of aromatic nitrogens is 5. The van der Waals surface area contributed by atoms with Gasteiger partial charge in [-0.3, -0.25) is 9.36 Å². The molecule has 164 valence electrons. The fourth-order valence-electron chi connectivity index (χ4n) is 3.92. The summed E-state index contributed by atoms with van der Waals surface area (Å²) >= 11 is 1.51. The lowest BCUT2D eigenvalue weighted by Gasteiger charge is -2.13. The molecule has 0 radical (unpaired) electrons. The van der Waals surface area contributed by atoms with Gasteiger partial charge in [0.05, 0.1) is 22.3 Å². The van der Waals surface area contributed by atoms with Crippen LogP contribution in [-0.2, 0) is 12.2 Å². The van der Waals surface area contributed by atoms with Gasteiger partial charge < -0.3 is 4.98 Å². The number of rotatable bonds is 6. The molecule has 0 amide bonds. The van der Waals surface area contributed by atoms with Gasteiger partial charge in [-0.15, -0.1) is 10.2 Å². The Morgan fingerprint density at radius 3 is 2.55 bits per heavy atom. The number of nitrogens with one attached hydrogen (secondary N) is 1.